The van der Waals surface area contributed by atoms with E-state index < -0.39 is 5.82 Å². The highest BCUT2D eigenvalue weighted by molar-refractivity contribution is 7.12. The molecule has 0 spiro atoms. The van der Waals surface area contributed by atoms with Gasteiger partial charge in [0.05, 0.1) is 15.6 Å². The van der Waals surface area contributed by atoms with Gasteiger partial charge in [-0.2, -0.15) is 0 Å². The maximum absolute atomic E-state index is 14.4. The summed E-state index contributed by atoms with van der Waals surface area (Å²) in [4.78, 5) is 16.5. The van der Waals surface area contributed by atoms with Gasteiger partial charge in [0.2, 0.25) is 0 Å². The van der Waals surface area contributed by atoms with Crippen molar-refractivity contribution in [2.45, 2.75) is 6.42 Å². The molecule has 2 N–H and O–H groups in total. The van der Waals surface area contributed by atoms with Crippen LogP contribution in [0.2, 0.25) is 5.02 Å². The van der Waals surface area contributed by atoms with E-state index in [1.54, 1.807) is 24.3 Å². The third kappa shape index (κ3) is 3.66. The lowest BCUT2D eigenvalue weighted by Crippen LogP contribution is -2.25. The lowest BCUT2D eigenvalue weighted by Gasteiger charge is -2.10. The van der Waals surface area contributed by atoms with E-state index in [1.165, 1.54) is 17.5 Å². The summed E-state index contributed by atoms with van der Waals surface area (Å²) in [5.41, 5.74) is 0.625. The highest BCUT2D eigenvalue weighted by atomic mass is 35.5. The molecule has 0 fully saturated rings. The first-order valence-corrected chi connectivity index (χ1v) is 8.71. The molecule has 3 aromatic rings. The van der Waals surface area contributed by atoms with Crippen molar-refractivity contribution in [3.05, 3.63) is 57.6 Å². The summed E-state index contributed by atoms with van der Waals surface area (Å²) in [7, 11) is 0. The molecule has 2 aromatic heterocycles. The van der Waals surface area contributed by atoms with Crippen LogP contribution in [0.1, 0.15) is 16.1 Å². The molecule has 2 heterocycles. The van der Waals surface area contributed by atoms with E-state index in [0.29, 0.717) is 40.5 Å². The van der Waals surface area contributed by atoms with Crippen molar-refractivity contribution >= 4 is 45.4 Å². The Morgan fingerprint density at radius 3 is 2.92 bits per heavy atom. The van der Waals surface area contributed by atoms with Crippen molar-refractivity contribution in [3.8, 4) is 0 Å². The summed E-state index contributed by atoms with van der Waals surface area (Å²) in [5.74, 6) is -0.502. The monoisotopic (exact) mass is 363 g/mol. The number of fused-ring (bicyclic) bond motifs is 1. The zero-order valence-electron chi connectivity index (χ0n) is 12.7. The molecule has 0 unspecified atom stereocenters. The molecule has 7 heteroatoms. The smallest absolute Gasteiger partial charge is 0.261 e. The molecular formula is C17H15ClFN3OS. The number of amides is 1. The van der Waals surface area contributed by atoms with E-state index in [0.717, 1.165) is 0 Å². The fourth-order valence-electron chi connectivity index (χ4n) is 2.30. The molecule has 3 rings (SSSR count). The zero-order valence-corrected chi connectivity index (χ0v) is 14.3. The second-order valence-electron chi connectivity index (χ2n) is 5.13. The average molecular weight is 364 g/mol. The lowest BCUT2D eigenvalue weighted by atomic mass is 10.2. The lowest BCUT2D eigenvalue weighted by molar-refractivity contribution is 0.0957. The highest BCUT2D eigenvalue weighted by Crippen LogP contribution is 2.27. The van der Waals surface area contributed by atoms with E-state index in [2.05, 4.69) is 15.6 Å². The maximum atomic E-state index is 14.4. The van der Waals surface area contributed by atoms with Crippen molar-refractivity contribution in [2.75, 3.05) is 18.4 Å². The number of thiophene rings is 1. The molecule has 0 atom stereocenters. The van der Waals surface area contributed by atoms with Crippen LogP contribution in [0.3, 0.4) is 0 Å². The molecule has 0 aliphatic carbocycles. The zero-order chi connectivity index (χ0) is 16.9. The van der Waals surface area contributed by atoms with Crippen molar-refractivity contribution in [1.29, 1.82) is 0 Å². The van der Waals surface area contributed by atoms with E-state index in [-0.39, 0.29) is 11.4 Å². The Morgan fingerprint density at radius 1 is 1.25 bits per heavy atom. The van der Waals surface area contributed by atoms with Crippen molar-refractivity contribution in [2.24, 2.45) is 0 Å². The quantitative estimate of drug-likeness (QED) is 0.641. The van der Waals surface area contributed by atoms with Gasteiger partial charge in [0.25, 0.3) is 5.91 Å². The SMILES string of the molecule is O=C(NCCCNc1ccc2c(Cl)ccnc2c1F)c1cccs1. The number of nitrogens with zero attached hydrogens (tertiary/aromatic N) is 1. The number of benzene rings is 1. The van der Waals surface area contributed by atoms with E-state index in [9.17, 15) is 9.18 Å². The summed E-state index contributed by atoms with van der Waals surface area (Å²) in [5, 5.41) is 8.78. The predicted octanol–water partition coefficient (Wildman–Crippen LogP) is 4.32. The fraction of sp³-hybridized carbons (Fsp3) is 0.176. The number of anilines is 1. The van der Waals surface area contributed by atoms with Gasteiger partial charge in [0.1, 0.15) is 5.52 Å². The number of pyridine rings is 1. The second-order valence-corrected chi connectivity index (χ2v) is 6.48. The van der Waals surface area contributed by atoms with Crippen LogP contribution < -0.4 is 10.6 Å². The normalized spacial score (nSPS) is 10.8. The molecule has 4 nitrogen and oxygen atoms in total. The van der Waals surface area contributed by atoms with Crippen molar-refractivity contribution < 1.29 is 9.18 Å². The standard InChI is InChI=1S/C17H15ClFN3OS/c18-12-6-9-21-16-11(12)4-5-13(15(16)19)20-7-2-8-22-17(23)14-3-1-10-24-14/h1,3-6,9-10,20H,2,7-8H2,(H,22,23). The molecule has 24 heavy (non-hydrogen) atoms. The number of carbonyl (C=O) groups excluding carboxylic acids is 1. The molecule has 0 radical (unpaired) electrons. The first kappa shape index (κ1) is 16.7. The van der Waals surface area contributed by atoms with Gasteiger partial charge < -0.3 is 10.6 Å². The van der Waals surface area contributed by atoms with Crippen LogP contribution in [0.5, 0.6) is 0 Å². The first-order valence-electron chi connectivity index (χ1n) is 7.45. The van der Waals surface area contributed by atoms with Crippen LogP contribution in [0.15, 0.2) is 41.9 Å². The predicted molar refractivity (Wildman–Crippen MR) is 96.5 cm³/mol. The molecule has 0 saturated heterocycles. The number of halogens is 2. The van der Waals surface area contributed by atoms with E-state index in [1.807, 2.05) is 11.4 Å². The number of hydrogen-bond donors (Lipinski definition) is 2. The molecular weight excluding hydrogens is 349 g/mol. The van der Waals surface area contributed by atoms with E-state index >= 15 is 0 Å². The number of aromatic nitrogens is 1. The maximum Gasteiger partial charge on any atom is 0.261 e. The summed E-state index contributed by atoms with van der Waals surface area (Å²) in [6.45, 7) is 1.05. The Labute approximate surface area is 147 Å². The van der Waals surface area contributed by atoms with E-state index in [4.69, 9.17) is 11.6 Å². The molecule has 0 bridgehead atoms. The molecule has 1 amide bonds. The van der Waals surface area contributed by atoms with Gasteiger partial charge in [-0.25, -0.2) is 4.39 Å². The van der Waals surface area contributed by atoms with Crippen molar-refractivity contribution in [1.82, 2.24) is 10.3 Å². The second kappa shape index (κ2) is 7.59. The minimum atomic E-state index is -0.419. The van der Waals surface area contributed by atoms with Crippen LogP contribution in [0, 0.1) is 5.82 Å². The van der Waals surface area contributed by atoms with Gasteiger partial charge in [-0.1, -0.05) is 17.7 Å². The fourth-order valence-corrected chi connectivity index (χ4v) is 3.14. The minimum absolute atomic E-state index is 0.0827. The molecule has 124 valence electrons. The summed E-state index contributed by atoms with van der Waals surface area (Å²) in [6.07, 6.45) is 2.16. The van der Waals surface area contributed by atoms with Crippen LogP contribution in [-0.4, -0.2) is 24.0 Å². The summed E-state index contributed by atoms with van der Waals surface area (Å²) < 4.78 is 14.4. The summed E-state index contributed by atoms with van der Waals surface area (Å²) >= 11 is 7.43. The van der Waals surface area contributed by atoms with Gasteiger partial charge in [-0.15, -0.1) is 11.3 Å². The van der Waals surface area contributed by atoms with Gasteiger partial charge in [0, 0.05) is 24.7 Å². The summed E-state index contributed by atoms with van der Waals surface area (Å²) in [6, 6.07) is 8.64. The average Bonchev–Trinajstić information content (AvgIpc) is 3.11. The van der Waals surface area contributed by atoms with Gasteiger partial charge in [0.15, 0.2) is 5.82 Å². The van der Waals surface area contributed by atoms with Gasteiger partial charge >= 0.3 is 0 Å². The third-order valence-corrected chi connectivity index (χ3v) is 4.70. The molecule has 0 aliphatic heterocycles. The van der Waals surface area contributed by atoms with Crippen LogP contribution >= 0.6 is 22.9 Å². The number of hydrogen-bond acceptors (Lipinski definition) is 4. The number of rotatable bonds is 6. The third-order valence-electron chi connectivity index (χ3n) is 3.50. The Bertz CT molecular complexity index is 854. The van der Waals surface area contributed by atoms with Crippen LogP contribution in [-0.2, 0) is 0 Å². The topological polar surface area (TPSA) is 54.0 Å². The van der Waals surface area contributed by atoms with Crippen LogP contribution in [0.25, 0.3) is 10.9 Å². The molecule has 0 aliphatic rings. The van der Waals surface area contributed by atoms with Crippen LogP contribution in [0.4, 0.5) is 10.1 Å². The Morgan fingerprint density at radius 2 is 2.12 bits per heavy atom. The first-order chi connectivity index (χ1) is 11.7. The van der Waals surface area contributed by atoms with Crippen molar-refractivity contribution in [3.63, 3.8) is 0 Å². The number of nitrogens with one attached hydrogen (secondary N) is 2. The van der Waals surface area contributed by atoms with Gasteiger partial charge in [-0.05, 0) is 36.1 Å². The Balaban J connectivity index is 1.53. The number of carbonyl (C=O) groups is 1. The Kier molecular flexibility index (Phi) is 5.27. The largest absolute Gasteiger partial charge is 0.383 e. The molecule has 0 saturated carbocycles. The molecule has 1 aromatic carbocycles. The Hall–Kier alpha value is -2.18. The highest BCUT2D eigenvalue weighted by Gasteiger charge is 2.10. The van der Waals surface area contributed by atoms with Gasteiger partial charge in [-0.3, -0.25) is 9.78 Å². The minimum Gasteiger partial charge on any atom is -0.383 e.